The van der Waals surface area contributed by atoms with Crippen molar-refractivity contribution in [2.24, 2.45) is 5.73 Å². The largest absolute Gasteiger partial charge is 0.348 e. The van der Waals surface area contributed by atoms with E-state index in [1.54, 1.807) is 0 Å². The number of nitrogens with one attached hydrogen (secondary N) is 1. The summed E-state index contributed by atoms with van der Waals surface area (Å²) in [5.74, 6) is 0.123. The van der Waals surface area contributed by atoms with Crippen LogP contribution >= 0.6 is 0 Å². The van der Waals surface area contributed by atoms with E-state index in [9.17, 15) is 4.79 Å². The molecular formula is C16H27N3O. The molecule has 1 aromatic rings. The predicted molar refractivity (Wildman–Crippen MR) is 83.4 cm³/mol. The highest BCUT2D eigenvalue weighted by Gasteiger charge is 2.14. The van der Waals surface area contributed by atoms with E-state index in [0.717, 1.165) is 31.4 Å². The first kappa shape index (κ1) is 16.7. The maximum atomic E-state index is 12.0. The second kappa shape index (κ2) is 9.50. The van der Waals surface area contributed by atoms with E-state index in [1.807, 2.05) is 32.3 Å². The topological polar surface area (TPSA) is 58.4 Å². The lowest BCUT2D eigenvalue weighted by atomic mass is 10.1. The van der Waals surface area contributed by atoms with E-state index in [1.165, 1.54) is 0 Å². The lowest BCUT2D eigenvalue weighted by Gasteiger charge is -2.23. The molecular weight excluding hydrogens is 250 g/mol. The molecule has 0 heterocycles. The highest BCUT2D eigenvalue weighted by Crippen LogP contribution is 2.14. The van der Waals surface area contributed by atoms with Crippen molar-refractivity contribution in [3.63, 3.8) is 0 Å². The van der Waals surface area contributed by atoms with Gasteiger partial charge in [-0.3, -0.25) is 4.79 Å². The molecule has 0 spiro atoms. The zero-order valence-corrected chi connectivity index (χ0v) is 12.6. The number of hydrogen-bond donors (Lipinski definition) is 2. The van der Waals surface area contributed by atoms with Crippen LogP contribution in [0.1, 0.15) is 37.3 Å². The van der Waals surface area contributed by atoms with Crippen LogP contribution in [0.25, 0.3) is 0 Å². The van der Waals surface area contributed by atoms with Gasteiger partial charge < -0.3 is 16.0 Å². The van der Waals surface area contributed by atoms with Crippen molar-refractivity contribution < 1.29 is 4.79 Å². The average Bonchev–Trinajstić information content (AvgIpc) is 2.43. The Kier molecular flexibility index (Phi) is 7.92. The maximum absolute atomic E-state index is 12.0. The number of nitrogens with two attached hydrogens (primary N) is 1. The molecule has 0 fully saturated rings. The summed E-state index contributed by atoms with van der Waals surface area (Å²) < 4.78 is 0. The molecule has 1 rings (SSSR count). The summed E-state index contributed by atoms with van der Waals surface area (Å²) in [5, 5.41) is 3.13. The Morgan fingerprint density at radius 3 is 2.50 bits per heavy atom. The van der Waals surface area contributed by atoms with Crippen molar-refractivity contribution in [1.29, 1.82) is 0 Å². The minimum absolute atomic E-state index is 0.0493. The number of carbonyl (C=O) groups is 1. The van der Waals surface area contributed by atoms with Gasteiger partial charge in [-0.25, -0.2) is 0 Å². The molecule has 20 heavy (non-hydrogen) atoms. The third kappa shape index (κ3) is 6.68. The molecule has 0 bridgehead atoms. The fourth-order valence-electron chi connectivity index (χ4n) is 2.16. The van der Waals surface area contributed by atoms with Crippen LogP contribution in [0.15, 0.2) is 30.3 Å². The number of unbranched alkanes of at least 4 members (excludes halogenated alkanes) is 2. The van der Waals surface area contributed by atoms with Crippen molar-refractivity contribution in [3.8, 4) is 0 Å². The van der Waals surface area contributed by atoms with E-state index in [0.29, 0.717) is 13.0 Å². The van der Waals surface area contributed by atoms with Gasteiger partial charge in [0.25, 0.3) is 0 Å². The third-order valence-corrected chi connectivity index (χ3v) is 3.19. The molecule has 4 heteroatoms. The number of likely N-dealkylation sites (N-methyl/N-ethyl adjacent to an activating group) is 1. The van der Waals surface area contributed by atoms with Gasteiger partial charge in [-0.15, -0.1) is 0 Å². The van der Waals surface area contributed by atoms with Gasteiger partial charge in [0.1, 0.15) is 0 Å². The molecule has 0 aliphatic carbocycles. The van der Waals surface area contributed by atoms with E-state index in [-0.39, 0.29) is 11.9 Å². The van der Waals surface area contributed by atoms with E-state index in [4.69, 9.17) is 5.73 Å². The number of benzene rings is 1. The van der Waals surface area contributed by atoms with Crippen LogP contribution in [0.2, 0.25) is 0 Å². The molecule has 112 valence electrons. The van der Waals surface area contributed by atoms with Gasteiger partial charge >= 0.3 is 0 Å². The van der Waals surface area contributed by atoms with Crippen LogP contribution in [-0.4, -0.2) is 38.0 Å². The summed E-state index contributed by atoms with van der Waals surface area (Å²) in [4.78, 5) is 14.1. The van der Waals surface area contributed by atoms with Crippen molar-refractivity contribution in [1.82, 2.24) is 10.2 Å². The summed E-state index contributed by atoms with van der Waals surface area (Å²) in [5.41, 5.74) is 6.60. The van der Waals surface area contributed by atoms with Crippen LogP contribution in [0, 0.1) is 0 Å². The van der Waals surface area contributed by atoms with Crippen molar-refractivity contribution in [2.75, 3.05) is 27.2 Å². The Morgan fingerprint density at radius 1 is 1.20 bits per heavy atom. The van der Waals surface area contributed by atoms with Gasteiger partial charge in [0.15, 0.2) is 0 Å². The highest BCUT2D eigenvalue weighted by molar-refractivity contribution is 5.76. The van der Waals surface area contributed by atoms with Gasteiger partial charge in [-0.2, -0.15) is 0 Å². The van der Waals surface area contributed by atoms with Gasteiger partial charge in [-0.05, 0) is 39.0 Å². The van der Waals surface area contributed by atoms with Gasteiger partial charge in [0, 0.05) is 13.0 Å². The number of carbonyl (C=O) groups excluding carboxylic acids is 1. The molecule has 0 aliphatic heterocycles. The summed E-state index contributed by atoms with van der Waals surface area (Å²) >= 11 is 0. The fraction of sp³-hybridized carbons (Fsp3) is 0.562. The van der Waals surface area contributed by atoms with Crippen molar-refractivity contribution >= 4 is 5.91 Å². The first-order valence-electron chi connectivity index (χ1n) is 7.32. The van der Waals surface area contributed by atoms with Crippen LogP contribution in [-0.2, 0) is 4.79 Å². The molecule has 0 saturated carbocycles. The first-order chi connectivity index (χ1) is 9.63. The smallest absolute Gasteiger partial charge is 0.220 e. The molecule has 4 nitrogen and oxygen atoms in total. The summed E-state index contributed by atoms with van der Waals surface area (Å²) in [6, 6.07) is 10.2. The van der Waals surface area contributed by atoms with Crippen molar-refractivity contribution in [2.45, 2.75) is 31.7 Å². The van der Waals surface area contributed by atoms with Crippen LogP contribution in [0.5, 0.6) is 0 Å². The predicted octanol–water partition coefficient (Wildman–Crippen LogP) is 1.92. The zero-order chi connectivity index (χ0) is 14.8. The summed E-state index contributed by atoms with van der Waals surface area (Å²) in [6.07, 6.45) is 3.50. The standard InChI is InChI=1S/C16H27N3O/c1-19(2)13-15(14-9-5-3-6-10-14)18-16(20)11-7-4-8-12-17/h3,5-6,9-10,15H,4,7-8,11-13,17H2,1-2H3,(H,18,20). The second-order valence-corrected chi connectivity index (χ2v) is 5.39. The van der Waals surface area contributed by atoms with Gasteiger partial charge in [0.05, 0.1) is 6.04 Å². The fourth-order valence-corrected chi connectivity index (χ4v) is 2.16. The van der Waals surface area contributed by atoms with Gasteiger partial charge in [0.2, 0.25) is 5.91 Å². The van der Waals surface area contributed by atoms with Crippen LogP contribution in [0.3, 0.4) is 0 Å². The zero-order valence-electron chi connectivity index (χ0n) is 12.6. The number of rotatable bonds is 9. The van der Waals surface area contributed by atoms with E-state index >= 15 is 0 Å². The lowest BCUT2D eigenvalue weighted by Crippen LogP contribution is -2.35. The molecule has 0 radical (unpaired) electrons. The van der Waals surface area contributed by atoms with E-state index < -0.39 is 0 Å². The highest BCUT2D eigenvalue weighted by atomic mass is 16.1. The Balaban J connectivity index is 2.50. The average molecular weight is 277 g/mol. The SMILES string of the molecule is CN(C)CC(NC(=O)CCCCCN)c1ccccc1. The van der Waals surface area contributed by atoms with Crippen LogP contribution < -0.4 is 11.1 Å². The third-order valence-electron chi connectivity index (χ3n) is 3.19. The minimum atomic E-state index is 0.0493. The Labute approximate surface area is 122 Å². The van der Waals surface area contributed by atoms with Gasteiger partial charge in [-0.1, -0.05) is 36.8 Å². The number of hydrogen-bond acceptors (Lipinski definition) is 3. The molecule has 1 amide bonds. The number of amides is 1. The first-order valence-corrected chi connectivity index (χ1v) is 7.32. The Bertz CT molecular complexity index is 379. The van der Waals surface area contributed by atoms with E-state index in [2.05, 4.69) is 22.3 Å². The Morgan fingerprint density at radius 2 is 1.90 bits per heavy atom. The summed E-state index contributed by atoms with van der Waals surface area (Å²) in [7, 11) is 4.03. The number of nitrogens with zero attached hydrogens (tertiary/aromatic N) is 1. The summed E-state index contributed by atoms with van der Waals surface area (Å²) in [6.45, 7) is 1.51. The quantitative estimate of drug-likeness (QED) is 0.678. The normalized spacial score (nSPS) is 12.4. The molecule has 0 aromatic heterocycles. The molecule has 0 saturated heterocycles. The molecule has 0 aliphatic rings. The molecule has 1 atom stereocenters. The van der Waals surface area contributed by atoms with Crippen LogP contribution in [0.4, 0.5) is 0 Å². The second-order valence-electron chi connectivity index (χ2n) is 5.39. The monoisotopic (exact) mass is 277 g/mol. The maximum Gasteiger partial charge on any atom is 0.220 e. The molecule has 3 N–H and O–H groups in total. The Hall–Kier alpha value is -1.39. The molecule has 1 aromatic carbocycles. The lowest BCUT2D eigenvalue weighted by molar-refractivity contribution is -0.122. The molecule has 1 unspecified atom stereocenters. The minimum Gasteiger partial charge on any atom is -0.348 e. The van der Waals surface area contributed by atoms with Crippen molar-refractivity contribution in [3.05, 3.63) is 35.9 Å².